The molecule has 274 valence electrons. The van der Waals surface area contributed by atoms with Crippen molar-refractivity contribution < 1.29 is 19.1 Å². The Morgan fingerprint density at radius 3 is 1.30 bits per heavy atom. The minimum atomic E-state index is -0.225. The molecule has 0 radical (unpaired) electrons. The van der Waals surface area contributed by atoms with Crippen molar-refractivity contribution in [1.82, 2.24) is 9.97 Å². The Morgan fingerprint density at radius 2 is 0.893 bits per heavy atom. The van der Waals surface area contributed by atoms with Crippen molar-refractivity contribution >= 4 is 45.0 Å². The highest BCUT2D eigenvalue weighted by Crippen LogP contribution is 2.32. The van der Waals surface area contributed by atoms with E-state index in [0.717, 1.165) is 55.2 Å². The number of aryl methyl sites for hydroxylation is 2. The second kappa shape index (κ2) is 15.2. The van der Waals surface area contributed by atoms with Gasteiger partial charge in [-0.3, -0.25) is 9.59 Å². The van der Waals surface area contributed by atoms with Crippen molar-refractivity contribution in [1.29, 1.82) is 0 Å². The minimum Gasteiger partial charge on any atom is -0.497 e. The monoisotopic (exact) mass is 734 g/mol. The van der Waals surface area contributed by atoms with E-state index in [1.54, 1.807) is 14.2 Å². The van der Waals surface area contributed by atoms with Crippen LogP contribution < -0.4 is 20.1 Å². The molecule has 0 aliphatic carbocycles. The van der Waals surface area contributed by atoms with Crippen molar-refractivity contribution in [2.75, 3.05) is 24.9 Å². The van der Waals surface area contributed by atoms with Gasteiger partial charge in [0.1, 0.15) is 11.5 Å². The number of anilines is 2. The second-order valence-electron chi connectivity index (χ2n) is 13.6. The lowest BCUT2D eigenvalue weighted by atomic mass is 9.99. The predicted octanol–water partition coefficient (Wildman–Crippen LogP) is 10.9. The first-order valence-corrected chi connectivity index (χ1v) is 18.2. The number of carbonyl (C=O) groups is 2. The maximum absolute atomic E-state index is 13.9. The zero-order valence-electron chi connectivity index (χ0n) is 31.4. The summed E-state index contributed by atoms with van der Waals surface area (Å²) in [5, 5.41) is 7.81. The number of pyridine rings is 2. The number of nitrogens with one attached hydrogen (secondary N) is 2. The number of benzene rings is 6. The Kier molecular flexibility index (Phi) is 9.69. The fourth-order valence-electron chi connectivity index (χ4n) is 6.93. The van der Waals surface area contributed by atoms with E-state index in [0.29, 0.717) is 45.4 Å². The van der Waals surface area contributed by atoms with Crippen LogP contribution in [-0.4, -0.2) is 36.0 Å². The smallest absolute Gasteiger partial charge is 0.256 e. The van der Waals surface area contributed by atoms with Gasteiger partial charge in [-0.25, -0.2) is 9.97 Å². The number of hydrogen-bond acceptors (Lipinski definition) is 6. The molecule has 8 rings (SSSR count). The summed E-state index contributed by atoms with van der Waals surface area (Å²) in [5.41, 5.74) is 10.8. The SMILES string of the molecule is COc1cccc(-c2cc(C(=O)Nc3ccc(-c4ccc(NC(=O)c5cc(-c6cccc(OC)c6)nc6ccccc56)c(C)c4)cc3C)c3ccccc3n2)c1. The molecule has 2 N–H and O–H groups in total. The van der Waals surface area contributed by atoms with Gasteiger partial charge in [0.2, 0.25) is 0 Å². The van der Waals surface area contributed by atoms with Gasteiger partial charge in [-0.1, -0.05) is 72.8 Å². The summed E-state index contributed by atoms with van der Waals surface area (Å²) in [7, 11) is 3.25. The van der Waals surface area contributed by atoms with Crippen LogP contribution in [0.3, 0.4) is 0 Å². The lowest BCUT2D eigenvalue weighted by Gasteiger charge is -2.15. The fourth-order valence-corrected chi connectivity index (χ4v) is 6.93. The Labute approximate surface area is 324 Å². The fraction of sp³-hybridized carbons (Fsp3) is 0.0833. The Hall–Kier alpha value is -7.32. The third-order valence-corrected chi connectivity index (χ3v) is 9.94. The third-order valence-electron chi connectivity index (χ3n) is 9.94. The minimum absolute atomic E-state index is 0.225. The van der Waals surface area contributed by atoms with Crippen LogP contribution in [0.4, 0.5) is 11.4 Å². The first-order valence-electron chi connectivity index (χ1n) is 18.2. The van der Waals surface area contributed by atoms with Crippen LogP contribution in [-0.2, 0) is 0 Å². The van der Waals surface area contributed by atoms with Crippen LogP contribution in [0.5, 0.6) is 11.5 Å². The highest BCUT2D eigenvalue weighted by Gasteiger charge is 2.18. The van der Waals surface area contributed by atoms with E-state index < -0.39 is 0 Å². The van der Waals surface area contributed by atoms with Gasteiger partial charge in [0.05, 0.1) is 47.8 Å². The summed E-state index contributed by atoms with van der Waals surface area (Å²) in [4.78, 5) is 37.5. The van der Waals surface area contributed by atoms with Gasteiger partial charge in [-0.05, 0) is 109 Å². The predicted molar refractivity (Wildman–Crippen MR) is 225 cm³/mol. The number of nitrogens with zero attached hydrogens (tertiary/aromatic N) is 2. The van der Waals surface area contributed by atoms with Crippen molar-refractivity contribution in [2.24, 2.45) is 0 Å². The largest absolute Gasteiger partial charge is 0.497 e. The first-order chi connectivity index (χ1) is 27.3. The molecule has 8 nitrogen and oxygen atoms in total. The molecule has 8 aromatic rings. The molecule has 2 heterocycles. The summed E-state index contributed by atoms with van der Waals surface area (Å²) >= 11 is 0. The standard InChI is InChI=1S/C48H38N4O4/c1-29-23-31(19-21-41(29)51-47(53)39-27-45(33-11-9-13-35(25-33)55-3)49-43-17-7-5-15-37(39)43)32-20-22-42(30(2)24-32)52-48(54)40-28-46(34-12-10-14-36(26-34)56-4)50-44-18-8-6-16-38(40)44/h5-28H,1-4H3,(H,51,53)(H,52,54). The average Bonchev–Trinajstić information content (AvgIpc) is 3.24. The quantitative estimate of drug-likeness (QED) is 0.153. The molecule has 56 heavy (non-hydrogen) atoms. The van der Waals surface area contributed by atoms with Gasteiger partial charge < -0.3 is 20.1 Å². The Bertz CT molecular complexity index is 2620. The van der Waals surface area contributed by atoms with Crippen LogP contribution in [0.1, 0.15) is 31.8 Å². The summed E-state index contributed by atoms with van der Waals surface area (Å²) in [6.45, 7) is 3.96. The number of rotatable bonds is 9. The van der Waals surface area contributed by atoms with E-state index in [2.05, 4.69) is 22.8 Å². The van der Waals surface area contributed by atoms with Crippen molar-refractivity contribution in [3.05, 3.63) is 168 Å². The number of fused-ring (bicyclic) bond motifs is 2. The molecular weight excluding hydrogens is 697 g/mol. The molecule has 8 heteroatoms. The molecule has 0 unspecified atom stereocenters. The molecule has 0 saturated carbocycles. The molecular formula is C48H38N4O4. The number of aromatic nitrogens is 2. The lowest BCUT2D eigenvalue weighted by Crippen LogP contribution is -2.14. The van der Waals surface area contributed by atoms with Gasteiger partial charge in [0.25, 0.3) is 11.8 Å². The number of amides is 2. The molecule has 0 aliphatic rings. The molecule has 2 aromatic heterocycles. The summed E-state index contributed by atoms with van der Waals surface area (Å²) in [6, 6.07) is 46.2. The maximum atomic E-state index is 13.9. The zero-order chi connectivity index (χ0) is 38.8. The molecule has 0 fully saturated rings. The van der Waals surface area contributed by atoms with E-state index in [-0.39, 0.29) is 11.8 Å². The van der Waals surface area contributed by atoms with Crippen molar-refractivity contribution in [2.45, 2.75) is 13.8 Å². The summed E-state index contributed by atoms with van der Waals surface area (Å²) < 4.78 is 10.9. The number of hydrogen-bond donors (Lipinski definition) is 2. The van der Waals surface area contributed by atoms with Gasteiger partial charge in [0, 0.05) is 33.3 Å². The molecule has 0 spiro atoms. The topological polar surface area (TPSA) is 102 Å². The molecule has 0 saturated heterocycles. The first kappa shape index (κ1) is 35.7. The van der Waals surface area contributed by atoms with Gasteiger partial charge in [-0.15, -0.1) is 0 Å². The maximum Gasteiger partial charge on any atom is 0.256 e. The number of methoxy groups -OCH3 is 2. The van der Waals surface area contributed by atoms with E-state index in [1.165, 1.54) is 0 Å². The van der Waals surface area contributed by atoms with Crippen LogP contribution in [0.15, 0.2) is 146 Å². The van der Waals surface area contributed by atoms with Gasteiger partial charge >= 0.3 is 0 Å². The summed E-state index contributed by atoms with van der Waals surface area (Å²) in [6.07, 6.45) is 0. The average molecular weight is 735 g/mol. The molecule has 2 amide bonds. The van der Waals surface area contributed by atoms with E-state index in [9.17, 15) is 9.59 Å². The Morgan fingerprint density at radius 1 is 0.464 bits per heavy atom. The molecule has 0 atom stereocenters. The highest BCUT2D eigenvalue weighted by molar-refractivity contribution is 6.14. The van der Waals surface area contributed by atoms with Gasteiger partial charge in [0.15, 0.2) is 0 Å². The van der Waals surface area contributed by atoms with E-state index >= 15 is 0 Å². The zero-order valence-corrected chi connectivity index (χ0v) is 31.4. The van der Waals surface area contributed by atoms with Crippen LogP contribution in [0, 0.1) is 13.8 Å². The number of para-hydroxylation sites is 2. The van der Waals surface area contributed by atoms with Crippen LogP contribution >= 0.6 is 0 Å². The van der Waals surface area contributed by atoms with E-state index in [1.807, 2.05) is 147 Å². The van der Waals surface area contributed by atoms with Crippen molar-refractivity contribution in [3.8, 4) is 45.1 Å². The number of carbonyl (C=O) groups excluding carboxylic acids is 2. The highest BCUT2D eigenvalue weighted by atomic mass is 16.5. The normalized spacial score (nSPS) is 11.0. The summed E-state index contributed by atoms with van der Waals surface area (Å²) in [5.74, 6) is 0.980. The van der Waals surface area contributed by atoms with Crippen molar-refractivity contribution in [3.63, 3.8) is 0 Å². The molecule has 0 bridgehead atoms. The lowest BCUT2D eigenvalue weighted by molar-refractivity contribution is 0.102. The van der Waals surface area contributed by atoms with Crippen LogP contribution in [0.25, 0.3) is 55.4 Å². The van der Waals surface area contributed by atoms with E-state index in [4.69, 9.17) is 19.4 Å². The van der Waals surface area contributed by atoms with Gasteiger partial charge in [-0.2, -0.15) is 0 Å². The van der Waals surface area contributed by atoms with Crippen LogP contribution in [0.2, 0.25) is 0 Å². The Balaban J connectivity index is 1.03. The second-order valence-corrected chi connectivity index (χ2v) is 13.6. The number of ether oxygens (including phenoxy) is 2. The third kappa shape index (κ3) is 7.15. The molecule has 0 aliphatic heterocycles. The molecule has 6 aromatic carbocycles.